The lowest BCUT2D eigenvalue weighted by Crippen LogP contribution is -2.58. The molecule has 1 aliphatic heterocycles. The minimum atomic E-state index is -0.215. The second-order valence-electron chi connectivity index (χ2n) is 4.34. The Morgan fingerprint density at radius 3 is 2.71 bits per heavy atom. The molecule has 0 bridgehead atoms. The summed E-state index contributed by atoms with van der Waals surface area (Å²) in [6.07, 6.45) is 5.28. The fourth-order valence-electron chi connectivity index (χ4n) is 2.56. The van der Waals surface area contributed by atoms with Crippen LogP contribution in [0.5, 0.6) is 0 Å². The average Bonchev–Trinajstić information content (AvgIpc) is 2.71. The molecular formula is C10H19N3O. The van der Waals surface area contributed by atoms with Crippen LogP contribution in [0.1, 0.15) is 25.7 Å². The van der Waals surface area contributed by atoms with Gasteiger partial charge in [-0.2, -0.15) is 0 Å². The molecule has 0 aromatic carbocycles. The predicted octanol–water partition coefficient (Wildman–Crippen LogP) is -0.312. The maximum Gasteiger partial charge on any atom is 0.235 e. The van der Waals surface area contributed by atoms with Gasteiger partial charge >= 0.3 is 0 Å². The topological polar surface area (TPSA) is 58.4 Å². The number of hydrogen-bond donors (Lipinski definition) is 2. The van der Waals surface area contributed by atoms with Crippen molar-refractivity contribution in [1.29, 1.82) is 0 Å². The Kier molecular flexibility index (Phi) is 3.03. The fourth-order valence-corrected chi connectivity index (χ4v) is 2.56. The summed E-state index contributed by atoms with van der Waals surface area (Å²) in [7, 11) is 0. The summed E-state index contributed by atoms with van der Waals surface area (Å²) < 4.78 is 0. The first kappa shape index (κ1) is 9.93. The molecule has 2 aliphatic rings. The van der Waals surface area contributed by atoms with Crippen molar-refractivity contribution in [1.82, 2.24) is 10.2 Å². The van der Waals surface area contributed by atoms with E-state index >= 15 is 0 Å². The van der Waals surface area contributed by atoms with Gasteiger partial charge < -0.3 is 11.1 Å². The second-order valence-corrected chi connectivity index (χ2v) is 4.34. The van der Waals surface area contributed by atoms with Crippen LogP contribution in [-0.2, 0) is 4.79 Å². The number of carbonyl (C=O) groups is 1. The number of amides is 1. The van der Waals surface area contributed by atoms with E-state index in [-0.39, 0.29) is 11.9 Å². The summed E-state index contributed by atoms with van der Waals surface area (Å²) in [6, 6.07) is 0.572. The molecule has 3 N–H and O–H groups in total. The van der Waals surface area contributed by atoms with Gasteiger partial charge in [-0.3, -0.25) is 9.69 Å². The van der Waals surface area contributed by atoms with Crippen LogP contribution in [0.4, 0.5) is 0 Å². The molecule has 4 heteroatoms. The Morgan fingerprint density at radius 1 is 1.36 bits per heavy atom. The molecule has 1 saturated carbocycles. The molecule has 1 aliphatic carbocycles. The lowest BCUT2D eigenvalue weighted by atomic mass is 10.1. The number of nitrogens with one attached hydrogen (secondary N) is 1. The van der Waals surface area contributed by atoms with Gasteiger partial charge in [-0.25, -0.2) is 0 Å². The summed E-state index contributed by atoms with van der Waals surface area (Å²) in [5.74, 6) is -0.215. The average molecular weight is 197 g/mol. The molecule has 0 spiro atoms. The van der Waals surface area contributed by atoms with Gasteiger partial charge in [0.05, 0.1) is 6.04 Å². The van der Waals surface area contributed by atoms with E-state index in [9.17, 15) is 4.79 Å². The van der Waals surface area contributed by atoms with Crippen LogP contribution in [0.15, 0.2) is 0 Å². The SMILES string of the molecule is NC(=O)C1CN(C2CCCC2)CCN1. The lowest BCUT2D eigenvalue weighted by molar-refractivity contribution is -0.121. The highest BCUT2D eigenvalue weighted by Crippen LogP contribution is 2.23. The summed E-state index contributed by atoms with van der Waals surface area (Å²) in [6.45, 7) is 2.76. The van der Waals surface area contributed by atoms with Crippen LogP contribution in [0.3, 0.4) is 0 Å². The van der Waals surface area contributed by atoms with Gasteiger partial charge in [0.2, 0.25) is 5.91 Å². The highest BCUT2D eigenvalue weighted by Gasteiger charge is 2.29. The Balaban J connectivity index is 1.89. The van der Waals surface area contributed by atoms with E-state index in [1.807, 2.05) is 0 Å². The van der Waals surface area contributed by atoms with Crippen molar-refractivity contribution in [2.45, 2.75) is 37.8 Å². The third kappa shape index (κ3) is 2.07. The molecule has 0 radical (unpaired) electrons. The van der Waals surface area contributed by atoms with E-state index < -0.39 is 0 Å². The van der Waals surface area contributed by atoms with E-state index in [1.165, 1.54) is 25.7 Å². The Labute approximate surface area is 84.8 Å². The second kappa shape index (κ2) is 4.28. The molecule has 2 fully saturated rings. The standard InChI is InChI=1S/C10H19N3O/c11-10(14)9-7-13(6-5-12-9)8-3-1-2-4-8/h8-9,12H,1-7H2,(H2,11,14). The van der Waals surface area contributed by atoms with Gasteiger partial charge in [-0.05, 0) is 12.8 Å². The van der Waals surface area contributed by atoms with Crippen molar-refractivity contribution >= 4 is 5.91 Å². The number of nitrogens with zero attached hydrogens (tertiary/aromatic N) is 1. The van der Waals surface area contributed by atoms with Gasteiger partial charge in [0.25, 0.3) is 0 Å². The summed E-state index contributed by atoms with van der Waals surface area (Å²) in [5, 5.41) is 3.16. The van der Waals surface area contributed by atoms with Crippen LogP contribution in [0, 0.1) is 0 Å². The first-order valence-electron chi connectivity index (χ1n) is 5.54. The largest absolute Gasteiger partial charge is 0.368 e. The van der Waals surface area contributed by atoms with E-state index in [1.54, 1.807) is 0 Å². The molecule has 1 saturated heterocycles. The van der Waals surface area contributed by atoms with Gasteiger partial charge in [0.1, 0.15) is 0 Å². The number of piperazine rings is 1. The minimum absolute atomic E-state index is 0.135. The summed E-state index contributed by atoms with van der Waals surface area (Å²) in [5.41, 5.74) is 5.30. The van der Waals surface area contributed by atoms with E-state index in [2.05, 4.69) is 10.2 Å². The molecule has 0 aromatic rings. The highest BCUT2D eigenvalue weighted by atomic mass is 16.1. The smallest absolute Gasteiger partial charge is 0.235 e. The molecule has 1 amide bonds. The predicted molar refractivity (Wildman–Crippen MR) is 54.8 cm³/mol. The number of hydrogen-bond acceptors (Lipinski definition) is 3. The number of nitrogens with two attached hydrogens (primary N) is 1. The maximum absolute atomic E-state index is 11.0. The minimum Gasteiger partial charge on any atom is -0.368 e. The number of rotatable bonds is 2. The molecule has 4 nitrogen and oxygen atoms in total. The number of primary amides is 1. The number of carbonyl (C=O) groups excluding carboxylic acids is 1. The van der Waals surface area contributed by atoms with Crippen LogP contribution in [-0.4, -0.2) is 42.5 Å². The van der Waals surface area contributed by atoms with E-state index in [0.29, 0.717) is 6.04 Å². The molecule has 0 aromatic heterocycles. The zero-order valence-electron chi connectivity index (χ0n) is 8.54. The van der Waals surface area contributed by atoms with Crippen LogP contribution in [0.2, 0.25) is 0 Å². The van der Waals surface area contributed by atoms with Crippen molar-refractivity contribution in [2.75, 3.05) is 19.6 Å². The van der Waals surface area contributed by atoms with Crippen molar-refractivity contribution in [3.63, 3.8) is 0 Å². The Bertz CT molecular complexity index is 213. The molecule has 2 rings (SSSR count). The highest BCUT2D eigenvalue weighted by molar-refractivity contribution is 5.80. The molecule has 14 heavy (non-hydrogen) atoms. The zero-order chi connectivity index (χ0) is 9.97. The summed E-state index contributed by atoms with van der Waals surface area (Å²) >= 11 is 0. The zero-order valence-corrected chi connectivity index (χ0v) is 8.54. The van der Waals surface area contributed by atoms with Crippen molar-refractivity contribution < 1.29 is 4.79 Å². The first-order chi connectivity index (χ1) is 6.77. The monoisotopic (exact) mass is 197 g/mol. The normalized spacial score (nSPS) is 30.7. The summed E-state index contributed by atoms with van der Waals surface area (Å²) in [4.78, 5) is 13.5. The van der Waals surface area contributed by atoms with Crippen LogP contribution < -0.4 is 11.1 Å². The third-order valence-corrected chi connectivity index (χ3v) is 3.39. The molecular weight excluding hydrogens is 178 g/mol. The van der Waals surface area contributed by atoms with Crippen molar-refractivity contribution in [2.24, 2.45) is 5.73 Å². The van der Waals surface area contributed by atoms with Crippen molar-refractivity contribution in [3.8, 4) is 0 Å². The van der Waals surface area contributed by atoms with Crippen molar-refractivity contribution in [3.05, 3.63) is 0 Å². The maximum atomic E-state index is 11.0. The van der Waals surface area contributed by atoms with Gasteiger partial charge in [-0.15, -0.1) is 0 Å². The quantitative estimate of drug-likeness (QED) is 0.638. The fraction of sp³-hybridized carbons (Fsp3) is 0.900. The van der Waals surface area contributed by atoms with Crippen LogP contribution >= 0.6 is 0 Å². The van der Waals surface area contributed by atoms with Gasteiger partial charge in [0.15, 0.2) is 0 Å². The Morgan fingerprint density at radius 2 is 2.07 bits per heavy atom. The first-order valence-corrected chi connectivity index (χ1v) is 5.54. The third-order valence-electron chi connectivity index (χ3n) is 3.39. The van der Waals surface area contributed by atoms with E-state index in [4.69, 9.17) is 5.73 Å². The van der Waals surface area contributed by atoms with Gasteiger partial charge in [-0.1, -0.05) is 12.8 Å². The Hall–Kier alpha value is -0.610. The molecule has 80 valence electrons. The van der Waals surface area contributed by atoms with Gasteiger partial charge in [0, 0.05) is 25.7 Å². The lowest BCUT2D eigenvalue weighted by Gasteiger charge is -2.36. The molecule has 1 unspecified atom stereocenters. The molecule has 1 atom stereocenters. The van der Waals surface area contributed by atoms with Crippen LogP contribution in [0.25, 0.3) is 0 Å². The van der Waals surface area contributed by atoms with E-state index in [0.717, 1.165) is 19.6 Å². The molecule has 1 heterocycles.